The molecule has 1 atom stereocenters. The molecule has 0 saturated carbocycles. The normalized spacial score (nSPS) is 13.0. The third-order valence-corrected chi connectivity index (χ3v) is 3.43. The highest BCUT2D eigenvalue weighted by Crippen LogP contribution is 2.11. The first-order valence-electron chi connectivity index (χ1n) is 7.92. The zero-order valence-corrected chi connectivity index (χ0v) is 14.7. The molecular weight excluding hydrogens is 268 g/mol. The Morgan fingerprint density at radius 3 is 2.05 bits per heavy atom. The third-order valence-electron chi connectivity index (χ3n) is 3.43. The van der Waals surface area contributed by atoms with E-state index in [1.807, 2.05) is 6.92 Å². The second kappa shape index (κ2) is 8.90. The summed E-state index contributed by atoms with van der Waals surface area (Å²) < 4.78 is 5.17. The van der Waals surface area contributed by atoms with Crippen molar-refractivity contribution in [1.82, 2.24) is 10.2 Å². The SMILES string of the molecule is CCC(CC)CN(CC)C(=O)C(C)NC(=O)OC(C)(C)C. The number of likely N-dealkylation sites (N-methyl/N-ethyl adjacent to an activating group) is 1. The van der Waals surface area contributed by atoms with Crippen molar-refractivity contribution in [3.05, 3.63) is 0 Å². The second-order valence-electron chi connectivity index (χ2n) is 6.43. The molecule has 5 heteroatoms. The Hall–Kier alpha value is -1.26. The van der Waals surface area contributed by atoms with Crippen LogP contribution in [-0.2, 0) is 9.53 Å². The molecule has 1 unspecified atom stereocenters. The Bertz CT molecular complexity index is 333. The van der Waals surface area contributed by atoms with E-state index in [1.54, 1.807) is 32.6 Å². The van der Waals surface area contributed by atoms with Crippen LogP contribution in [0.5, 0.6) is 0 Å². The van der Waals surface area contributed by atoms with Crippen molar-refractivity contribution in [3.63, 3.8) is 0 Å². The van der Waals surface area contributed by atoms with E-state index in [2.05, 4.69) is 19.2 Å². The van der Waals surface area contributed by atoms with Crippen LogP contribution in [0.15, 0.2) is 0 Å². The minimum atomic E-state index is -0.575. The number of nitrogens with one attached hydrogen (secondary N) is 1. The minimum absolute atomic E-state index is 0.0599. The van der Waals surface area contributed by atoms with Crippen molar-refractivity contribution >= 4 is 12.0 Å². The number of carbonyl (C=O) groups is 2. The van der Waals surface area contributed by atoms with Crippen molar-refractivity contribution < 1.29 is 14.3 Å². The van der Waals surface area contributed by atoms with Gasteiger partial charge in [0.1, 0.15) is 11.6 Å². The largest absolute Gasteiger partial charge is 0.444 e. The van der Waals surface area contributed by atoms with Crippen molar-refractivity contribution in [2.24, 2.45) is 5.92 Å². The van der Waals surface area contributed by atoms with Gasteiger partial charge in [0.2, 0.25) is 5.91 Å². The van der Waals surface area contributed by atoms with Crippen LogP contribution in [0.1, 0.15) is 61.3 Å². The van der Waals surface area contributed by atoms with E-state index < -0.39 is 17.7 Å². The zero-order valence-electron chi connectivity index (χ0n) is 14.7. The van der Waals surface area contributed by atoms with Crippen LogP contribution in [0.25, 0.3) is 0 Å². The Labute approximate surface area is 129 Å². The molecule has 0 aromatic carbocycles. The molecule has 0 aliphatic rings. The minimum Gasteiger partial charge on any atom is -0.444 e. The molecule has 0 aliphatic carbocycles. The maximum atomic E-state index is 12.4. The van der Waals surface area contributed by atoms with Crippen LogP contribution in [0, 0.1) is 5.92 Å². The van der Waals surface area contributed by atoms with Crippen LogP contribution in [0.3, 0.4) is 0 Å². The van der Waals surface area contributed by atoms with Gasteiger partial charge in [-0.2, -0.15) is 0 Å². The molecule has 5 nitrogen and oxygen atoms in total. The molecule has 0 fully saturated rings. The van der Waals surface area contributed by atoms with Gasteiger partial charge in [-0.25, -0.2) is 4.79 Å². The lowest BCUT2D eigenvalue weighted by Crippen LogP contribution is -2.49. The summed E-state index contributed by atoms with van der Waals surface area (Å²) >= 11 is 0. The number of rotatable bonds is 7. The Morgan fingerprint density at radius 2 is 1.67 bits per heavy atom. The van der Waals surface area contributed by atoms with Gasteiger partial charge in [-0.15, -0.1) is 0 Å². The summed E-state index contributed by atoms with van der Waals surface area (Å²) in [6.07, 6.45) is 1.55. The fraction of sp³-hybridized carbons (Fsp3) is 0.875. The van der Waals surface area contributed by atoms with Gasteiger partial charge in [0, 0.05) is 13.1 Å². The van der Waals surface area contributed by atoms with Crippen LogP contribution < -0.4 is 5.32 Å². The third kappa shape index (κ3) is 7.93. The molecule has 21 heavy (non-hydrogen) atoms. The van der Waals surface area contributed by atoms with Crippen molar-refractivity contribution in [2.45, 2.75) is 73.0 Å². The molecule has 0 radical (unpaired) electrons. The van der Waals surface area contributed by atoms with Crippen LogP contribution in [0.2, 0.25) is 0 Å². The van der Waals surface area contributed by atoms with E-state index >= 15 is 0 Å². The summed E-state index contributed by atoms with van der Waals surface area (Å²) in [5.74, 6) is 0.442. The maximum absolute atomic E-state index is 12.4. The van der Waals surface area contributed by atoms with Crippen molar-refractivity contribution in [3.8, 4) is 0 Å². The number of alkyl carbamates (subject to hydrolysis) is 1. The van der Waals surface area contributed by atoms with Crippen molar-refractivity contribution in [1.29, 1.82) is 0 Å². The smallest absolute Gasteiger partial charge is 0.408 e. The van der Waals surface area contributed by atoms with Crippen LogP contribution >= 0.6 is 0 Å². The quantitative estimate of drug-likeness (QED) is 0.785. The average molecular weight is 300 g/mol. The van der Waals surface area contributed by atoms with E-state index in [0.29, 0.717) is 12.5 Å². The highest BCUT2D eigenvalue weighted by atomic mass is 16.6. The van der Waals surface area contributed by atoms with Gasteiger partial charge >= 0.3 is 6.09 Å². The van der Waals surface area contributed by atoms with E-state index in [-0.39, 0.29) is 5.91 Å². The molecule has 124 valence electrons. The number of nitrogens with zero attached hydrogens (tertiary/aromatic N) is 1. The fourth-order valence-electron chi connectivity index (χ4n) is 2.05. The summed E-state index contributed by atoms with van der Waals surface area (Å²) in [6, 6.07) is -0.575. The molecule has 0 aromatic rings. The summed E-state index contributed by atoms with van der Waals surface area (Å²) in [5.41, 5.74) is -0.563. The monoisotopic (exact) mass is 300 g/mol. The summed E-state index contributed by atoms with van der Waals surface area (Å²) in [5, 5.41) is 2.61. The molecular formula is C16H32N2O3. The Morgan fingerprint density at radius 1 is 1.14 bits per heavy atom. The van der Waals surface area contributed by atoms with E-state index in [9.17, 15) is 9.59 Å². The summed E-state index contributed by atoms with van der Waals surface area (Å²) in [7, 11) is 0. The number of carbonyl (C=O) groups excluding carboxylic acids is 2. The van der Waals surface area contributed by atoms with Gasteiger partial charge in [0.25, 0.3) is 0 Å². The lowest BCUT2D eigenvalue weighted by molar-refractivity contribution is -0.133. The highest BCUT2D eigenvalue weighted by Gasteiger charge is 2.25. The predicted molar refractivity (Wildman–Crippen MR) is 85.2 cm³/mol. The molecule has 1 N–H and O–H groups in total. The van der Waals surface area contributed by atoms with Gasteiger partial charge in [-0.3, -0.25) is 4.79 Å². The first-order chi connectivity index (χ1) is 9.64. The average Bonchev–Trinajstić information content (AvgIpc) is 2.37. The summed E-state index contributed by atoms with van der Waals surface area (Å²) in [4.78, 5) is 25.9. The van der Waals surface area contributed by atoms with Gasteiger partial charge in [0.05, 0.1) is 0 Å². The molecule has 0 heterocycles. The maximum Gasteiger partial charge on any atom is 0.408 e. The lowest BCUT2D eigenvalue weighted by Gasteiger charge is -2.29. The highest BCUT2D eigenvalue weighted by molar-refractivity contribution is 5.85. The molecule has 0 aliphatic heterocycles. The summed E-state index contributed by atoms with van der Waals surface area (Å²) in [6.45, 7) is 14.7. The Balaban J connectivity index is 4.55. The second-order valence-corrected chi connectivity index (χ2v) is 6.43. The predicted octanol–water partition coefficient (Wildman–Crippen LogP) is 3.18. The van der Waals surface area contributed by atoms with Crippen LogP contribution in [-0.4, -0.2) is 41.6 Å². The molecule has 0 rings (SSSR count). The number of amides is 2. The molecule has 0 bridgehead atoms. The van der Waals surface area contributed by atoms with Gasteiger partial charge in [0.15, 0.2) is 0 Å². The number of hydrogen-bond donors (Lipinski definition) is 1. The molecule has 0 saturated heterocycles. The van der Waals surface area contributed by atoms with Gasteiger partial charge < -0.3 is 15.0 Å². The van der Waals surface area contributed by atoms with E-state index in [4.69, 9.17) is 4.74 Å². The van der Waals surface area contributed by atoms with Crippen molar-refractivity contribution in [2.75, 3.05) is 13.1 Å². The van der Waals surface area contributed by atoms with Crippen LogP contribution in [0.4, 0.5) is 4.79 Å². The number of hydrogen-bond acceptors (Lipinski definition) is 3. The Kier molecular flexibility index (Phi) is 8.37. The zero-order chi connectivity index (χ0) is 16.6. The molecule has 0 aromatic heterocycles. The first kappa shape index (κ1) is 19.7. The van der Waals surface area contributed by atoms with E-state index in [1.165, 1.54) is 0 Å². The van der Waals surface area contributed by atoms with E-state index in [0.717, 1.165) is 19.4 Å². The fourth-order valence-corrected chi connectivity index (χ4v) is 2.05. The standard InChI is InChI=1S/C16H32N2O3/c1-8-13(9-2)11-18(10-3)14(19)12(4)17-15(20)21-16(5,6)7/h12-13H,8-11H2,1-7H3,(H,17,20). The number of ether oxygens (including phenoxy) is 1. The topological polar surface area (TPSA) is 58.6 Å². The lowest BCUT2D eigenvalue weighted by atomic mass is 10.0. The first-order valence-corrected chi connectivity index (χ1v) is 7.92. The van der Waals surface area contributed by atoms with Gasteiger partial charge in [-0.1, -0.05) is 26.7 Å². The molecule has 2 amide bonds. The molecule has 0 spiro atoms. The van der Waals surface area contributed by atoms with Gasteiger partial charge in [-0.05, 0) is 40.5 Å².